The fraction of sp³-hybridized carbons (Fsp3) is 0.233. The summed E-state index contributed by atoms with van der Waals surface area (Å²) in [4.78, 5) is 33.3. The van der Waals surface area contributed by atoms with Gasteiger partial charge in [-0.3, -0.25) is 14.5 Å². The van der Waals surface area contributed by atoms with Crippen LogP contribution in [0.15, 0.2) is 66.2 Å². The average Bonchev–Trinajstić information content (AvgIpc) is 3.49. The predicted molar refractivity (Wildman–Crippen MR) is 151 cm³/mol. The molecule has 1 atom stereocenters. The monoisotopic (exact) mass is 544 g/mol. The molecule has 0 spiro atoms. The Morgan fingerprint density at radius 1 is 1.03 bits per heavy atom. The fourth-order valence-corrected chi connectivity index (χ4v) is 5.82. The van der Waals surface area contributed by atoms with Gasteiger partial charge in [0.1, 0.15) is 17.6 Å². The Labute approximate surface area is 230 Å². The van der Waals surface area contributed by atoms with E-state index in [0.29, 0.717) is 40.1 Å². The van der Waals surface area contributed by atoms with Crippen molar-refractivity contribution in [2.24, 2.45) is 0 Å². The highest BCUT2D eigenvalue weighted by molar-refractivity contribution is 7.22. The van der Waals surface area contributed by atoms with Crippen molar-refractivity contribution < 1.29 is 28.9 Å². The van der Waals surface area contributed by atoms with Crippen molar-refractivity contribution in [1.29, 1.82) is 0 Å². The molecular weight excluding hydrogens is 516 g/mol. The number of para-hydroxylation sites is 1. The number of ketones is 1. The summed E-state index contributed by atoms with van der Waals surface area (Å²) in [6, 6.07) is 16.9. The van der Waals surface area contributed by atoms with Crippen molar-refractivity contribution in [3.8, 4) is 17.2 Å². The molecule has 3 aromatic carbocycles. The number of nitrogens with zero attached hydrogens (tertiary/aromatic N) is 2. The molecule has 1 aromatic heterocycles. The lowest BCUT2D eigenvalue weighted by molar-refractivity contribution is -0.132. The summed E-state index contributed by atoms with van der Waals surface area (Å²) in [7, 11) is 3.00. The number of aromatic nitrogens is 1. The number of fused-ring (bicyclic) bond motifs is 1. The van der Waals surface area contributed by atoms with Crippen LogP contribution in [-0.4, -0.2) is 42.6 Å². The van der Waals surface area contributed by atoms with E-state index in [1.165, 1.54) is 30.5 Å². The minimum atomic E-state index is -1.01. The second-order valence-corrected chi connectivity index (χ2v) is 9.87. The first-order valence-electron chi connectivity index (χ1n) is 12.6. The van der Waals surface area contributed by atoms with Gasteiger partial charge in [0, 0.05) is 11.1 Å². The minimum Gasteiger partial charge on any atom is -0.507 e. The van der Waals surface area contributed by atoms with Crippen LogP contribution < -0.4 is 19.1 Å². The Morgan fingerprint density at radius 2 is 1.79 bits per heavy atom. The first-order chi connectivity index (χ1) is 18.9. The number of benzene rings is 3. The maximum absolute atomic E-state index is 13.6. The largest absolute Gasteiger partial charge is 0.507 e. The number of anilines is 1. The second kappa shape index (κ2) is 10.8. The number of ether oxygens (including phenoxy) is 3. The maximum atomic E-state index is 13.6. The summed E-state index contributed by atoms with van der Waals surface area (Å²) < 4.78 is 17.6. The Balaban J connectivity index is 1.74. The number of aryl methyl sites for hydroxylation is 1. The number of hydrogen-bond acceptors (Lipinski definition) is 8. The molecule has 0 bridgehead atoms. The van der Waals surface area contributed by atoms with Crippen LogP contribution in [0.2, 0.25) is 0 Å². The van der Waals surface area contributed by atoms with Crippen LogP contribution in [0.4, 0.5) is 5.13 Å². The van der Waals surface area contributed by atoms with E-state index in [2.05, 4.69) is 6.92 Å². The van der Waals surface area contributed by atoms with Gasteiger partial charge in [0.15, 0.2) is 16.6 Å². The third-order valence-electron chi connectivity index (χ3n) is 6.67. The van der Waals surface area contributed by atoms with Crippen LogP contribution in [0.3, 0.4) is 0 Å². The number of carbonyl (C=O) groups excluding carboxylic acids is 2. The number of rotatable bonds is 8. The Morgan fingerprint density at radius 3 is 2.46 bits per heavy atom. The van der Waals surface area contributed by atoms with Crippen molar-refractivity contribution in [3.63, 3.8) is 0 Å². The molecule has 5 rings (SSSR count). The Hall–Kier alpha value is -4.37. The number of aliphatic hydroxyl groups is 1. The molecule has 0 unspecified atom stereocenters. The van der Waals surface area contributed by atoms with E-state index in [-0.39, 0.29) is 11.3 Å². The summed E-state index contributed by atoms with van der Waals surface area (Å²) >= 11 is 1.32. The van der Waals surface area contributed by atoms with Crippen molar-refractivity contribution >= 4 is 44.1 Å². The third kappa shape index (κ3) is 4.59. The van der Waals surface area contributed by atoms with E-state index in [9.17, 15) is 14.7 Å². The zero-order valence-electron chi connectivity index (χ0n) is 22.1. The molecule has 0 saturated carbocycles. The topological polar surface area (TPSA) is 98.2 Å². The van der Waals surface area contributed by atoms with Gasteiger partial charge in [-0.05, 0) is 61.4 Å². The van der Waals surface area contributed by atoms with Crippen molar-refractivity contribution in [2.75, 3.05) is 25.7 Å². The highest BCUT2D eigenvalue weighted by atomic mass is 32.1. The Bertz CT molecular complexity index is 1590. The van der Waals surface area contributed by atoms with Crippen LogP contribution >= 0.6 is 11.3 Å². The SMILES string of the molecule is CCOc1ccc(C(O)=C2C(=O)C(=O)N(c3nc4ccc(CC)cc4s3)[C@H]2c2cccc(OC)c2OC)cc1. The molecule has 1 saturated heterocycles. The molecule has 1 amide bonds. The van der Waals surface area contributed by atoms with Gasteiger partial charge < -0.3 is 19.3 Å². The van der Waals surface area contributed by atoms with E-state index >= 15 is 0 Å². The molecule has 1 fully saturated rings. The number of amides is 1. The highest BCUT2D eigenvalue weighted by Gasteiger charge is 2.49. The smallest absolute Gasteiger partial charge is 0.301 e. The number of hydrogen-bond donors (Lipinski definition) is 1. The lowest BCUT2D eigenvalue weighted by Gasteiger charge is -2.25. The van der Waals surface area contributed by atoms with Crippen molar-refractivity contribution in [2.45, 2.75) is 26.3 Å². The lowest BCUT2D eigenvalue weighted by Crippen LogP contribution is -2.29. The molecule has 4 aromatic rings. The number of thiazole rings is 1. The summed E-state index contributed by atoms with van der Waals surface area (Å²) in [6.45, 7) is 4.44. The van der Waals surface area contributed by atoms with E-state index in [0.717, 1.165) is 22.2 Å². The van der Waals surface area contributed by atoms with Gasteiger partial charge in [-0.25, -0.2) is 4.98 Å². The average molecular weight is 545 g/mol. The third-order valence-corrected chi connectivity index (χ3v) is 7.68. The molecule has 39 heavy (non-hydrogen) atoms. The first kappa shape index (κ1) is 26.2. The summed E-state index contributed by atoms with van der Waals surface area (Å²) in [5.74, 6) is -0.496. The summed E-state index contributed by atoms with van der Waals surface area (Å²) in [5, 5.41) is 11.8. The van der Waals surface area contributed by atoms with Gasteiger partial charge in [0.25, 0.3) is 5.78 Å². The fourth-order valence-electron chi connectivity index (χ4n) is 4.76. The van der Waals surface area contributed by atoms with Crippen molar-refractivity contribution in [3.05, 3.63) is 82.9 Å². The lowest BCUT2D eigenvalue weighted by atomic mass is 9.94. The van der Waals surface area contributed by atoms with Gasteiger partial charge in [-0.1, -0.05) is 36.5 Å². The van der Waals surface area contributed by atoms with Gasteiger partial charge in [-0.15, -0.1) is 0 Å². The van der Waals surface area contributed by atoms with Gasteiger partial charge in [0.2, 0.25) is 0 Å². The zero-order chi connectivity index (χ0) is 27.7. The molecule has 2 heterocycles. The van der Waals surface area contributed by atoms with Crippen LogP contribution in [-0.2, 0) is 16.0 Å². The highest BCUT2D eigenvalue weighted by Crippen LogP contribution is 2.48. The molecule has 1 aliphatic heterocycles. The molecule has 0 aliphatic carbocycles. The van der Waals surface area contributed by atoms with E-state index < -0.39 is 17.7 Å². The van der Waals surface area contributed by atoms with Crippen LogP contribution in [0.5, 0.6) is 17.2 Å². The van der Waals surface area contributed by atoms with Crippen LogP contribution in [0, 0.1) is 0 Å². The molecule has 0 radical (unpaired) electrons. The van der Waals surface area contributed by atoms with E-state index in [4.69, 9.17) is 19.2 Å². The second-order valence-electron chi connectivity index (χ2n) is 8.86. The van der Waals surface area contributed by atoms with Gasteiger partial charge in [0.05, 0.1) is 36.6 Å². The van der Waals surface area contributed by atoms with Gasteiger partial charge >= 0.3 is 5.91 Å². The predicted octanol–water partition coefficient (Wildman–Crippen LogP) is 5.90. The number of aliphatic hydroxyl groups excluding tert-OH is 1. The molecule has 9 heteroatoms. The number of carbonyl (C=O) groups is 2. The van der Waals surface area contributed by atoms with Crippen molar-refractivity contribution in [1.82, 2.24) is 4.98 Å². The first-order valence-corrected chi connectivity index (χ1v) is 13.4. The van der Waals surface area contributed by atoms with E-state index in [1.807, 2.05) is 25.1 Å². The number of methoxy groups -OCH3 is 2. The zero-order valence-corrected chi connectivity index (χ0v) is 22.9. The summed E-state index contributed by atoms with van der Waals surface area (Å²) in [6.07, 6.45) is 0.858. The van der Waals surface area contributed by atoms with Gasteiger partial charge in [-0.2, -0.15) is 0 Å². The standard InChI is InChI=1S/C30H28N2O6S/c1-5-17-10-15-21-23(16-17)39-30(31-21)32-25(20-8-7-9-22(36-3)28(20)37-4)24(27(34)29(32)35)26(33)18-11-13-19(14-12-18)38-6-2/h7-16,25,33H,5-6H2,1-4H3/t25-/m0/s1. The Kier molecular flexibility index (Phi) is 7.26. The molecule has 1 aliphatic rings. The molecule has 1 N–H and O–H groups in total. The normalized spacial score (nSPS) is 16.6. The molecular formula is C30H28N2O6S. The summed E-state index contributed by atoms with van der Waals surface area (Å²) in [5.41, 5.74) is 2.65. The molecule has 8 nitrogen and oxygen atoms in total. The van der Waals surface area contributed by atoms with Crippen LogP contribution in [0.25, 0.3) is 16.0 Å². The minimum absolute atomic E-state index is 0.0655. The number of Topliss-reactive ketones (excluding diaryl/α,β-unsaturated/α-hetero) is 1. The van der Waals surface area contributed by atoms with Crippen LogP contribution in [0.1, 0.15) is 36.6 Å². The van der Waals surface area contributed by atoms with E-state index in [1.54, 1.807) is 42.5 Å². The molecule has 200 valence electrons. The maximum Gasteiger partial charge on any atom is 0.301 e. The quantitative estimate of drug-likeness (QED) is 0.168.